The number of hydrogen-bond acceptors (Lipinski definition) is 3. The maximum Gasteiger partial charge on any atom is 0.311 e. The van der Waals surface area contributed by atoms with Crippen molar-refractivity contribution < 1.29 is 19.4 Å². The summed E-state index contributed by atoms with van der Waals surface area (Å²) in [6.07, 6.45) is -0.194. The minimum Gasteiger partial charge on any atom is -0.481 e. The topological polar surface area (TPSA) is 66.8 Å². The van der Waals surface area contributed by atoms with Crippen LogP contribution in [0, 0.1) is 5.41 Å². The van der Waals surface area contributed by atoms with E-state index in [0.717, 1.165) is 11.1 Å². The fourth-order valence-corrected chi connectivity index (χ4v) is 3.19. The molecule has 0 saturated carbocycles. The number of carboxylic acids is 1. The van der Waals surface area contributed by atoms with Gasteiger partial charge in [-0.25, -0.2) is 0 Å². The van der Waals surface area contributed by atoms with E-state index in [2.05, 4.69) is 0 Å². The van der Waals surface area contributed by atoms with Gasteiger partial charge >= 0.3 is 5.97 Å². The largest absolute Gasteiger partial charge is 0.481 e. The average molecular weight is 353 g/mol. The summed E-state index contributed by atoms with van der Waals surface area (Å²) in [4.78, 5) is 25.5. The molecule has 1 N–H and O–H groups in total. The number of carboxylic acid groups (broad SMARTS) is 1. The van der Waals surface area contributed by atoms with Crippen LogP contribution in [0.25, 0.3) is 11.1 Å². The van der Waals surface area contributed by atoms with E-state index < -0.39 is 17.5 Å². The fourth-order valence-electron chi connectivity index (χ4n) is 3.19. The predicted octanol–water partition coefficient (Wildman–Crippen LogP) is 3.44. The number of carbonyl (C=O) groups excluding carboxylic acids is 1. The van der Waals surface area contributed by atoms with E-state index in [-0.39, 0.29) is 12.5 Å². The third kappa shape index (κ3) is 3.72. The van der Waals surface area contributed by atoms with Crippen molar-refractivity contribution in [3.05, 3.63) is 54.6 Å². The Labute approximate surface area is 153 Å². The van der Waals surface area contributed by atoms with Crippen LogP contribution < -0.4 is 4.74 Å². The van der Waals surface area contributed by atoms with Gasteiger partial charge in [-0.3, -0.25) is 9.59 Å². The van der Waals surface area contributed by atoms with Crippen LogP contribution in [0.1, 0.15) is 20.3 Å². The summed E-state index contributed by atoms with van der Waals surface area (Å²) >= 11 is 0. The Bertz CT molecular complexity index is 787. The summed E-state index contributed by atoms with van der Waals surface area (Å²) in [5, 5.41) is 9.30. The number of rotatable bonds is 5. The van der Waals surface area contributed by atoms with Gasteiger partial charge in [-0.15, -0.1) is 0 Å². The van der Waals surface area contributed by atoms with Gasteiger partial charge in [0.15, 0.2) is 6.10 Å². The molecule has 2 aromatic carbocycles. The van der Waals surface area contributed by atoms with Gasteiger partial charge in [0.1, 0.15) is 5.75 Å². The Balaban J connectivity index is 1.62. The lowest BCUT2D eigenvalue weighted by Crippen LogP contribution is -2.41. The predicted molar refractivity (Wildman–Crippen MR) is 98.9 cm³/mol. The molecule has 3 rings (SSSR count). The molecule has 2 aromatic rings. The van der Waals surface area contributed by atoms with Gasteiger partial charge in [-0.2, -0.15) is 0 Å². The van der Waals surface area contributed by atoms with Crippen molar-refractivity contribution in [2.24, 2.45) is 5.41 Å². The zero-order valence-electron chi connectivity index (χ0n) is 15.0. The van der Waals surface area contributed by atoms with E-state index in [9.17, 15) is 14.7 Å². The maximum absolute atomic E-state index is 12.6. The highest BCUT2D eigenvalue weighted by atomic mass is 16.5. The van der Waals surface area contributed by atoms with E-state index in [0.29, 0.717) is 18.7 Å². The quantitative estimate of drug-likeness (QED) is 0.894. The molecular formula is C21H23NO4. The fraction of sp³-hybridized carbons (Fsp3) is 0.333. The lowest BCUT2D eigenvalue weighted by atomic mass is 9.90. The smallest absolute Gasteiger partial charge is 0.311 e. The monoisotopic (exact) mass is 353 g/mol. The molecule has 5 nitrogen and oxygen atoms in total. The molecule has 0 bridgehead atoms. The second-order valence-electron chi connectivity index (χ2n) is 7.03. The standard InChI is InChI=1S/C21H23NO4/c1-15(19(23)22-13-12-21(2,14-22)20(24)25)26-18-10-8-17(9-11-18)16-6-4-3-5-7-16/h3-11,15H,12-14H2,1-2H3,(H,24,25). The molecule has 5 heteroatoms. The van der Waals surface area contributed by atoms with Crippen molar-refractivity contribution in [1.29, 1.82) is 0 Å². The summed E-state index contributed by atoms with van der Waals surface area (Å²) in [5.41, 5.74) is 1.33. The summed E-state index contributed by atoms with van der Waals surface area (Å²) in [7, 11) is 0. The first-order valence-corrected chi connectivity index (χ1v) is 8.73. The Kier molecular flexibility index (Phi) is 4.98. The number of ether oxygens (including phenoxy) is 1. The molecule has 2 unspecified atom stereocenters. The zero-order valence-corrected chi connectivity index (χ0v) is 15.0. The van der Waals surface area contributed by atoms with Crippen molar-refractivity contribution in [1.82, 2.24) is 4.90 Å². The summed E-state index contributed by atoms with van der Waals surface area (Å²) in [6, 6.07) is 17.6. The van der Waals surface area contributed by atoms with Crippen molar-refractivity contribution in [2.75, 3.05) is 13.1 Å². The Morgan fingerprint density at radius 3 is 2.27 bits per heavy atom. The third-order valence-electron chi connectivity index (χ3n) is 4.92. The van der Waals surface area contributed by atoms with Crippen molar-refractivity contribution in [3.8, 4) is 16.9 Å². The van der Waals surface area contributed by atoms with Crippen molar-refractivity contribution >= 4 is 11.9 Å². The first kappa shape index (κ1) is 18.0. The van der Waals surface area contributed by atoms with Gasteiger partial charge in [-0.1, -0.05) is 42.5 Å². The van der Waals surface area contributed by atoms with Gasteiger partial charge in [0.2, 0.25) is 0 Å². The van der Waals surface area contributed by atoms with Gasteiger partial charge in [0.25, 0.3) is 5.91 Å². The molecule has 1 saturated heterocycles. The number of benzene rings is 2. The SMILES string of the molecule is CC(Oc1ccc(-c2ccccc2)cc1)C(=O)N1CCC(C)(C(=O)O)C1. The van der Waals surface area contributed by atoms with E-state index in [4.69, 9.17) is 4.74 Å². The molecule has 0 aromatic heterocycles. The lowest BCUT2D eigenvalue weighted by molar-refractivity contribution is -0.147. The molecule has 26 heavy (non-hydrogen) atoms. The number of likely N-dealkylation sites (tertiary alicyclic amines) is 1. The molecule has 1 aliphatic rings. The highest BCUT2D eigenvalue weighted by Crippen LogP contribution is 2.31. The van der Waals surface area contributed by atoms with Gasteiger partial charge < -0.3 is 14.7 Å². The van der Waals surface area contributed by atoms with Crippen LogP contribution in [0.3, 0.4) is 0 Å². The minimum atomic E-state index is -0.868. The number of carbonyl (C=O) groups is 2. The number of aliphatic carboxylic acids is 1. The van der Waals surface area contributed by atoms with Gasteiger partial charge in [-0.05, 0) is 43.5 Å². The molecule has 1 heterocycles. The van der Waals surface area contributed by atoms with E-state index in [1.807, 2.05) is 54.6 Å². The minimum absolute atomic E-state index is 0.179. The molecule has 136 valence electrons. The summed E-state index contributed by atoms with van der Waals surface area (Å²) in [5.74, 6) is -0.425. The Hall–Kier alpha value is -2.82. The van der Waals surface area contributed by atoms with Crippen LogP contribution in [0.4, 0.5) is 0 Å². The first-order valence-electron chi connectivity index (χ1n) is 8.73. The van der Waals surface area contributed by atoms with E-state index in [1.165, 1.54) is 0 Å². The summed E-state index contributed by atoms with van der Waals surface area (Å²) in [6.45, 7) is 4.05. The van der Waals surface area contributed by atoms with Crippen LogP contribution in [0.2, 0.25) is 0 Å². The second kappa shape index (κ2) is 7.20. The second-order valence-corrected chi connectivity index (χ2v) is 7.03. The van der Waals surface area contributed by atoms with Crippen LogP contribution in [0.15, 0.2) is 54.6 Å². The van der Waals surface area contributed by atoms with E-state index >= 15 is 0 Å². The Morgan fingerprint density at radius 2 is 1.69 bits per heavy atom. The van der Waals surface area contributed by atoms with Gasteiger partial charge in [0, 0.05) is 13.1 Å². The van der Waals surface area contributed by atoms with Crippen molar-refractivity contribution in [2.45, 2.75) is 26.4 Å². The Morgan fingerprint density at radius 1 is 1.08 bits per heavy atom. The number of nitrogens with zero attached hydrogens (tertiary/aromatic N) is 1. The molecule has 1 fully saturated rings. The molecule has 0 radical (unpaired) electrons. The van der Waals surface area contributed by atoms with Crippen LogP contribution in [0.5, 0.6) is 5.75 Å². The highest BCUT2D eigenvalue weighted by Gasteiger charge is 2.43. The van der Waals surface area contributed by atoms with Crippen LogP contribution in [-0.2, 0) is 9.59 Å². The molecule has 0 aliphatic carbocycles. The van der Waals surface area contributed by atoms with E-state index in [1.54, 1.807) is 18.7 Å². The first-order chi connectivity index (χ1) is 12.4. The third-order valence-corrected chi connectivity index (χ3v) is 4.92. The molecule has 2 atom stereocenters. The highest BCUT2D eigenvalue weighted by molar-refractivity contribution is 5.83. The molecule has 0 spiro atoms. The summed E-state index contributed by atoms with van der Waals surface area (Å²) < 4.78 is 5.77. The zero-order chi connectivity index (χ0) is 18.7. The molecule has 1 aliphatic heterocycles. The average Bonchev–Trinajstić information content (AvgIpc) is 3.06. The van der Waals surface area contributed by atoms with Crippen LogP contribution >= 0.6 is 0 Å². The lowest BCUT2D eigenvalue weighted by Gasteiger charge is -2.23. The van der Waals surface area contributed by atoms with Gasteiger partial charge in [0.05, 0.1) is 5.41 Å². The number of hydrogen-bond donors (Lipinski definition) is 1. The normalized spacial score (nSPS) is 20.6. The van der Waals surface area contributed by atoms with Crippen molar-refractivity contribution in [3.63, 3.8) is 0 Å². The maximum atomic E-state index is 12.6. The van der Waals surface area contributed by atoms with Crippen LogP contribution in [-0.4, -0.2) is 41.1 Å². The molecular weight excluding hydrogens is 330 g/mol. The molecule has 1 amide bonds. The number of amides is 1.